The first-order valence-corrected chi connectivity index (χ1v) is 8.66. The van der Waals surface area contributed by atoms with Crippen LogP contribution in [0.5, 0.6) is 5.75 Å². The van der Waals surface area contributed by atoms with Crippen molar-refractivity contribution in [3.8, 4) is 5.75 Å². The molecule has 2 amide bonds. The normalized spacial score (nSPS) is 11.4. The van der Waals surface area contributed by atoms with Gasteiger partial charge in [-0.25, -0.2) is 0 Å². The van der Waals surface area contributed by atoms with Gasteiger partial charge in [-0.05, 0) is 17.7 Å². The average molecular weight is 406 g/mol. The molecule has 7 nitrogen and oxygen atoms in total. The highest BCUT2D eigenvalue weighted by molar-refractivity contribution is 5.94. The minimum absolute atomic E-state index is 0.0225. The number of nitrogens with one attached hydrogen (secondary N) is 2. The van der Waals surface area contributed by atoms with E-state index in [4.69, 9.17) is 4.74 Å². The molecule has 1 atom stereocenters. The molecule has 29 heavy (non-hydrogen) atoms. The molecule has 0 spiro atoms. The fourth-order valence-electron chi connectivity index (χ4n) is 2.51. The molecule has 2 N–H and O–H groups in total. The quantitative estimate of drug-likeness (QED) is 0.625. The van der Waals surface area contributed by atoms with Crippen molar-refractivity contribution in [2.24, 2.45) is 0 Å². The number of ether oxygens (including phenoxy) is 2. The summed E-state index contributed by atoms with van der Waals surface area (Å²) in [4.78, 5) is 35.5. The zero-order valence-corrected chi connectivity index (χ0v) is 15.6. The third-order valence-electron chi connectivity index (χ3n) is 3.69. The molecule has 2 rings (SSSR count). The van der Waals surface area contributed by atoms with E-state index in [9.17, 15) is 23.2 Å². The molecule has 0 heterocycles. The topological polar surface area (TPSA) is 93.7 Å². The van der Waals surface area contributed by atoms with Gasteiger partial charge in [-0.1, -0.05) is 42.5 Å². The Bertz CT molecular complexity index is 846. The number of para-hydroxylation sites is 2. The van der Waals surface area contributed by atoms with E-state index in [1.54, 1.807) is 30.3 Å². The average Bonchev–Trinajstić information content (AvgIpc) is 2.67. The van der Waals surface area contributed by atoms with E-state index >= 15 is 0 Å². The summed E-state index contributed by atoms with van der Waals surface area (Å²) in [5, 5.41) is 5.00. The van der Waals surface area contributed by atoms with Crippen LogP contribution in [0.2, 0.25) is 0 Å². The smallest absolute Gasteiger partial charge is 0.387 e. The maximum Gasteiger partial charge on any atom is 0.387 e. The Labute approximate surface area is 166 Å². The van der Waals surface area contributed by atoms with E-state index < -0.39 is 31.1 Å². The zero-order valence-electron chi connectivity index (χ0n) is 15.6. The molecule has 2 aromatic rings. The first kappa shape index (κ1) is 21.8. The number of alkyl halides is 2. The van der Waals surface area contributed by atoms with Crippen molar-refractivity contribution < 1.29 is 32.6 Å². The van der Waals surface area contributed by atoms with Crippen LogP contribution in [0, 0.1) is 0 Å². The summed E-state index contributed by atoms with van der Waals surface area (Å²) in [6, 6.07) is 13.9. The van der Waals surface area contributed by atoms with Gasteiger partial charge in [-0.2, -0.15) is 8.78 Å². The Balaban J connectivity index is 1.91. The minimum Gasteiger partial charge on any atom is -0.455 e. The van der Waals surface area contributed by atoms with Crippen molar-refractivity contribution in [2.75, 3.05) is 11.9 Å². The first-order valence-electron chi connectivity index (χ1n) is 8.66. The number of halogens is 2. The van der Waals surface area contributed by atoms with E-state index in [-0.39, 0.29) is 23.8 Å². The summed E-state index contributed by atoms with van der Waals surface area (Å²) in [6.45, 7) is -2.34. The lowest BCUT2D eigenvalue weighted by molar-refractivity contribution is -0.148. The van der Waals surface area contributed by atoms with Crippen molar-refractivity contribution in [2.45, 2.75) is 26.0 Å². The Morgan fingerprint density at radius 1 is 1.00 bits per heavy atom. The van der Waals surface area contributed by atoms with Gasteiger partial charge in [0.2, 0.25) is 5.91 Å². The van der Waals surface area contributed by atoms with Gasteiger partial charge in [0.25, 0.3) is 5.91 Å². The van der Waals surface area contributed by atoms with Gasteiger partial charge in [-0.3, -0.25) is 14.4 Å². The van der Waals surface area contributed by atoms with Crippen molar-refractivity contribution in [1.82, 2.24) is 5.32 Å². The van der Waals surface area contributed by atoms with Crippen LogP contribution in [0.4, 0.5) is 14.5 Å². The SMILES string of the molecule is CC(=O)N[C@H](CC(=O)OCC(=O)Nc1ccccc1OC(F)F)c1ccccc1. The Hall–Kier alpha value is -3.49. The molecule has 0 radical (unpaired) electrons. The van der Waals surface area contributed by atoms with Crippen LogP contribution in [0.1, 0.15) is 24.9 Å². The summed E-state index contributed by atoms with van der Waals surface area (Å²) in [5.74, 6) is -1.96. The van der Waals surface area contributed by atoms with E-state index in [2.05, 4.69) is 15.4 Å². The molecule has 9 heteroatoms. The molecule has 2 aromatic carbocycles. The maximum absolute atomic E-state index is 12.4. The number of hydrogen-bond acceptors (Lipinski definition) is 5. The number of amides is 2. The molecule has 0 aliphatic rings. The number of esters is 1. The summed E-state index contributed by atoms with van der Waals surface area (Å²) < 4.78 is 34.1. The molecular weight excluding hydrogens is 386 g/mol. The zero-order chi connectivity index (χ0) is 21.2. The van der Waals surface area contributed by atoms with Gasteiger partial charge in [0.1, 0.15) is 5.75 Å². The van der Waals surface area contributed by atoms with Crippen molar-refractivity contribution in [1.29, 1.82) is 0 Å². The number of benzene rings is 2. The van der Waals surface area contributed by atoms with Crippen LogP contribution in [0.3, 0.4) is 0 Å². The minimum atomic E-state index is -3.05. The molecular formula is C20H20F2N2O5. The van der Waals surface area contributed by atoms with E-state index in [1.807, 2.05) is 0 Å². The standard InChI is InChI=1S/C20H20F2N2O5/c1-13(25)23-16(14-7-3-2-4-8-14)11-19(27)28-12-18(26)24-15-9-5-6-10-17(15)29-20(21)22/h2-10,16,20H,11-12H2,1H3,(H,23,25)(H,24,26)/t16-/m1/s1. The highest BCUT2D eigenvalue weighted by Gasteiger charge is 2.19. The second kappa shape index (κ2) is 10.7. The third-order valence-corrected chi connectivity index (χ3v) is 3.69. The fourth-order valence-corrected chi connectivity index (χ4v) is 2.51. The molecule has 0 aliphatic heterocycles. The number of rotatable bonds is 9. The summed E-state index contributed by atoms with van der Waals surface area (Å²) in [5.41, 5.74) is 0.733. The number of hydrogen-bond donors (Lipinski definition) is 2. The largest absolute Gasteiger partial charge is 0.455 e. The Morgan fingerprint density at radius 3 is 2.31 bits per heavy atom. The summed E-state index contributed by atoms with van der Waals surface area (Å²) >= 11 is 0. The molecule has 0 saturated carbocycles. The van der Waals surface area contributed by atoms with E-state index in [1.165, 1.54) is 31.2 Å². The Morgan fingerprint density at radius 2 is 1.66 bits per heavy atom. The van der Waals surface area contributed by atoms with Crippen LogP contribution in [0.25, 0.3) is 0 Å². The van der Waals surface area contributed by atoms with Gasteiger partial charge < -0.3 is 20.1 Å². The van der Waals surface area contributed by atoms with Crippen molar-refractivity contribution >= 4 is 23.5 Å². The lowest BCUT2D eigenvalue weighted by Gasteiger charge is -2.17. The molecule has 0 saturated heterocycles. The van der Waals surface area contributed by atoms with Gasteiger partial charge in [0, 0.05) is 6.92 Å². The number of anilines is 1. The molecule has 0 unspecified atom stereocenters. The van der Waals surface area contributed by atoms with Gasteiger partial charge >= 0.3 is 12.6 Å². The predicted molar refractivity (Wildman–Crippen MR) is 100 cm³/mol. The molecule has 0 bridgehead atoms. The first-order chi connectivity index (χ1) is 13.8. The second-order valence-electron chi connectivity index (χ2n) is 5.95. The molecule has 0 aromatic heterocycles. The van der Waals surface area contributed by atoms with Crippen molar-refractivity contribution in [3.05, 3.63) is 60.2 Å². The fraction of sp³-hybridized carbons (Fsp3) is 0.250. The summed E-state index contributed by atoms with van der Waals surface area (Å²) in [6.07, 6.45) is -0.179. The highest BCUT2D eigenvalue weighted by Crippen LogP contribution is 2.25. The van der Waals surface area contributed by atoms with Crippen LogP contribution in [-0.2, 0) is 19.1 Å². The lowest BCUT2D eigenvalue weighted by atomic mass is 10.0. The third kappa shape index (κ3) is 7.57. The Kier molecular flexibility index (Phi) is 8.08. The van der Waals surface area contributed by atoms with E-state index in [0.717, 1.165) is 0 Å². The van der Waals surface area contributed by atoms with Gasteiger partial charge in [0.05, 0.1) is 18.2 Å². The van der Waals surface area contributed by atoms with Crippen molar-refractivity contribution in [3.63, 3.8) is 0 Å². The number of carbonyl (C=O) groups excluding carboxylic acids is 3. The number of carbonyl (C=O) groups is 3. The van der Waals surface area contributed by atoms with Crippen LogP contribution >= 0.6 is 0 Å². The van der Waals surface area contributed by atoms with E-state index in [0.29, 0.717) is 5.56 Å². The molecule has 154 valence electrons. The monoisotopic (exact) mass is 406 g/mol. The van der Waals surface area contributed by atoms with Crippen LogP contribution < -0.4 is 15.4 Å². The van der Waals surface area contributed by atoms with Gasteiger partial charge in [0.15, 0.2) is 6.61 Å². The van der Waals surface area contributed by atoms with Gasteiger partial charge in [-0.15, -0.1) is 0 Å². The molecule has 0 aliphatic carbocycles. The second-order valence-corrected chi connectivity index (χ2v) is 5.95. The molecule has 0 fully saturated rings. The van der Waals surface area contributed by atoms with Crippen LogP contribution in [0.15, 0.2) is 54.6 Å². The highest BCUT2D eigenvalue weighted by atomic mass is 19.3. The predicted octanol–water partition coefficient (Wildman–Crippen LogP) is 3.04. The summed E-state index contributed by atoms with van der Waals surface area (Å²) in [7, 11) is 0. The maximum atomic E-state index is 12.4. The van der Waals surface area contributed by atoms with Crippen LogP contribution in [-0.4, -0.2) is 31.0 Å². The lowest BCUT2D eigenvalue weighted by Crippen LogP contribution is -2.29.